The molecule has 10 nitrogen and oxygen atoms in total. The van der Waals surface area contributed by atoms with E-state index in [9.17, 15) is 14.9 Å². The van der Waals surface area contributed by atoms with Crippen LogP contribution in [-0.4, -0.2) is 37.4 Å². The van der Waals surface area contributed by atoms with Crippen LogP contribution < -0.4 is 10.6 Å². The molecule has 1 aliphatic rings. The fraction of sp³-hybridized carbons (Fsp3) is 0.250. The van der Waals surface area contributed by atoms with Gasteiger partial charge in [-0.3, -0.25) is 9.59 Å². The molecule has 2 heterocycles. The Morgan fingerprint density at radius 3 is 2.65 bits per heavy atom. The summed E-state index contributed by atoms with van der Waals surface area (Å²) in [6, 6.07) is 14.2. The fourth-order valence-corrected chi connectivity index (χ4v) is 4.36. The van der Waals surface area contributed by atoms with Crippen LogP contribution in [0.5, 0.6) is 0 Å². The number of nitriles is 1. The zero-order valence-corrected chi connectivity index (χ0v) is 18.3. The van der Waals surface area contributed by atoms with E-state index >= 15 is 0 Å². The van der Waals surface area contributed by atoms with Crippen molar-refractivity contribution >= 4 is 34.1 Å². The lowest BCUT2D eigenvalue weighted by Crippen LogP contribution is -2.24. The van der Waals surface area contributed by atoms with Gasteiger partial charge in [0.1, 0.15) is 5.69 Å². The SMILES string of the molecule is N#Cc1ccc(NC(=O)c2cc3cccc(NC(=O)C4CCCCC4)c3[nH]2)c(-c2nn[nH]n2)c1. The van der Waals surface area contributed by atoms with E-state index in [0.29, 0.717) is 33.7 Å². The maximum atomic E-state index is 13.1. The normalized spacial score (nSPS) is 14.0. The van der Waals surface area contributed by atoms with Gasteiger partial charge < -0.3 is 15.6 Å². The fourth-order valence-electron chi connectivity index (χ4n) is 4.36. The van der Waals surface area contributed by atoms with Crippen LogP contribution in [0.15, 0.2) is 42.5 Å². The predicted octanol–water partition coefficient (Wildman–Crippen LogP) is 3.99. The molecule has 0 atom stereocenters. The lowest BCUT2D eigenvalue weighted by atomic mass is 9.88. The molecular formula is C24H22N8O2. The molecule has 0 unspecified atom stereocenters. The van der Waals surface area contributed by atoms with Gasteiger partial charge in [-0.25, -0.2) is 0 Å². The van der Waals surface area contributed by atoms with Gasteiger partial charge in [0.15, 0.2) is 0 Å². The van der Waals surface area contributed by atoms with Gasteiger partial charge in [0.2, 0.25) is 11.7 Å². The summed E-state index contributed by atoms with van der Waals surface area (Å²) in [4.78, 5) is 29.0. The Hall–Kier alpha value is -4.52. The minimum Gasteiger partial charge on any atom is -0.349 e. The number of carbonyl (C=O) groups is 2. The number of anilines is 2. The van der Waals surface area contributed by atoms with Gasteiger partial charge in [-0.05, 0) is 48.4 Å². The topological polar surface area (TPSA) is 152 Å². The van der Waals surface area contributed by atoms with Crippen molar-refractivity contribution < 1.29 is 9.59 Å². The summed E-state index contributed by atoms with van der Waals surface area (Å²) < 4.78 is 0. The van der Waals surface area contributed by atoms with E-state index in [1.54, 1.807) is 24.3 Å². The number of carbonyl (C=O) groups excluding carboxylic acids is 2. The molecule has 0 bridgehead atoms. The number of H-pyrrole nitrogens is 2. The molecule has 4 N–H and O–H groups in total. The molecule has 2 aromatic carbocycles. The van der Waals surface area contributed by atoms with Crippen molar-refractivity contribution in [2.75, 3.05) is 10.6 Å². The number of benzene rings is 2. The highest BCUT2D eigenvalue weighted by Crippen LogP contribution is 2.29. The summed E-state index contributed by atoms with van der Waals surface area (Å²) in [5, 5.41) is 29.8. The summed E-state index contributed by atoms with van der Waals surface area (Å²) in [5.41, 5.74) is 2.99. The summed E-state index contributed by atoms with van der Waals surface area (Å²) >= 11 is 0. The molecule has 34 heavy (non-hydrogen) atoms. The Labute approximate surface area is 194 Å². The number of nitrogens with zero attached hydrogens (tertiary/aromatic N) is 4. The minimum atomic E-state index is -0.379. The first-order valence-electron chi connectivity index (χ1n) is 11.1. The molecule has 1 aliphatic carbocycles. The number of fused-ring (bicyclic) bond motifs is 1. The van der Waals surface area contributed by atoms with Crippen LogP contribution in [0.4, 0.5) is 11.4 Å². The number of aromatic nitrogens is 5. The molecular weight excluding hydrogens is 432 g/mol. The van der Waals surface area contributed by atoms with Gasteiger partial charge in [-0.1, -0.05) is 31.4 Å². The van der Waals surface area contributed by atoms with Gasteiger partial charge in [-0.15, -0.1) is 10.2 Å². The van der Waals surface area contributed by atoms with Gasteiger partial charge in [0, 0.05) is 16.9 Å². The summed E-state index contributed by atoms with van der Waals surface area (Å²) in [6.07, 6.45) is 5.16. The van der Waals surface area contributed by atoms with Crippen molar-refractivity contribution in [2.45, 2.75) is 32.1 Å². The highest BCUT2D eigenvalue weighted by molar-refractivity contribution is 6.09. The molecule has 0 saturated heterocycles. The van der Waals surface area contributed by atoms with Crippen molar-refractivity contribution in [3.63, 3.8) is 0 Å². The summed E-state index contributed by atoms with van der Waals surface area (Å²) in [5.74, 6) is -0.0659. The van der Waals surface area contributed by atoms with Crippen LogP contribution in [0, 0.1) is 17.2 Å². The van der Waals surface area contributed by atoms with E-state index < -0.39 is 0 Å². The zero-order chi connectivity index (χ0) is 23.5. The van der Waals surface area contributed by atoms with E-state index in [1.807, 2.05) is 18.2 Å². The van der Waals surface area contributed by atoms with Crippen molar-refractivity contribution in [1.29, 1.82) is 5.26 Å². The van der Waals surface area contributed by atoms with Gasteiger partial charge in [0.25, 0.3) is 5.91 Å². The van der Waals surface area contributed by atoms with Crippen LogP contribution in [0.3, 0.4) is 0 Å². The average molecular weight is 454 g/mol. The second-order valence-corrected chi connectivity index (χ2v) is 8.34. The molecule has 170 valence electrons. The van der Waals surface area contributed by atoms with E-state index in [-0.39, 0.29) is 23.6 Å². The average Bonchev–Trinajstić information content (AvgIpc) is 3.56. The minimum absolute atomic E-state index is 0.0233. The van der Waals surface area contributed by atoms with Crippen LogP contribution in [-0.2, 0) is 4.79 Å². The molecule has 4 aromatic rings. The van der Waals surface area contributed by atoms with Crippen LogP contribution in [0.2, 0.25) is 0 Å². The first-order valence-corrected chi connectivity index (χ1v) is 11.1. The number of nitrogens with one attached hydrogen (secondary N) is 4. The van der Waals surface area contributed by atoms with E-state index in [1.165, 1.54) is 6.42 Å². The van der Waals surface area contributed by atoms with Gasteiger partial charge in [0.05, 0.1) is 28.5 Å². The Morgan fingerprint density at radius 1 is 1.03 bits per heavy atom. The molecule has 0 radical (unpaired) electrons. The number of amides is 2. The highest BCUT2D eigenvalue weighted by Gasteiger charge is 2.22. The third-order valence-corrected chi connectivity index (χ3v) is 6.12. The van der Waals surface area contributed by atoms with E-state index in [0.717, 1.165) is 31.1 Å². The first kappa shape index (κ1) is 21.3. The molecule has 0 aliphatic heterocycles. The molecule has 0 spiro atoms. The van der Waals surface area contributed by atoms with Crippen molar-refractivity contribution in [3.8, 4) is 17.5 Å². The Balaban J connectivity index is 1.40. The third kappa shape index (κ3) is 4.23. The molecule has 1 saturated carbocycles. The standard InChI is InChI=1S/C24H22N8O2/c25-13-14-9-10-18(17(11-14)22-29-31-32-30-22)27-24(34)20-12-16-7-4-8-19(21(16)26-20)28-23(33)15-5-2-1-3-6-15/h4,7-12,15,26H,1-3,5-6H2,(H,27,34)(H,28,33)(H,29,30,31,32). The lowest BCUT2D eigenvalue weighted by Gasteiger charge is -2.20. The lowest BCUT2D eigenvalue weighted by molar-refractivity contribution is -0.120. The third-order valence-electron chi connectivity index (χ3n) is 6.12. The Bertz CT molecular complexity index is 1390. The summed E-state index contributed by atoms with van der Waals surface area (Å²) in [6.45, 7) is 0. The zero-order valence-electron chi connectivity index (χ0n) is 18.3. The molecule has 1 fully saturated rings. The van der Waals surface area contributed by atoms with Crippen LogP contribution in [0.25, 0.3) is 22.3 Å². The van der Waals surface area contributed by atoms with E-state index in [4.69, 9.17) is 0 Å². The predicted molar refractivity (Wildman–Crippen MR) is 126 cm³/mol. The molecule has 10 heteroatoms. The summed E-state index contributed by atoms with van der Waals surface area (Å²) in [7, 11) is 0. The number of aromatic amines is 2. The molecule has 2 amide bonds. The number of hydrogen-bond donors (Lipinski definition) is 4. The second-order valence-electron chi connectivity index (χ2n) is 8.34. The highest BCUT2D eigenvalue weighted by atomic mass is 16.2. The van der Waals surface area contributed by atoms with Gasteiger partial charge >= 0.3 is 0 Å². The van der Waals surface area contributed by atoms with Gasteiger partial charge in [-0.2, -0.15) is 10.5 Å². The van der Waals surface area contributed by atoms with Crippen LogP contribution >= 0.6 is 0 Å². The maximum Gasteiger partial charge on any atom is 0.272 e. The first-order chi connectivity index (χ1) is 16.6. The smallest absolute Gasteiger partial charge is 0.272 e. The second kappa shape index (κ2) is 9.15. The van der Waals surface area contributed by atoms with Crippen molar-refractivity contribution in [2.24, 2.45) is 5.92 Å². The number of rotatable bonds is 5. The van der Waals surface area contributed by atoms with Crippen molar-refractivity contribution in [1.82, 2.24) is 25.6 Å². The van der Waals surface area contributed by atoms with Crippen LogP contribution in [0.1, 0.15) is 48.2 Å². The molecule has 2 aromatic heterocycles. The maximum absolute atomic E-state index is 13.1. The molecule has 5 rings (SSSR count). The largest absolute Gasteiger partial charge is 0.349 e. The number of para-hydroxylation sites is 1. The number of tetrazole rings is 1. The van der Waals surface area contributed by atoms with Crippen molar-refractivity contribution in [3.05, 3.63) is 53.7 Å². The number of hydrogen-bond acceptors (Lipinski definition) is 6. The Kier molecular flexibility index (Phi) is 5.74. The quantitative estimate of drug-likeness (QED) is 0.358. The monoisotopic (exact) mass is 454 g/mol. The van der Waals surface area contributed by atoms with E-state index in [2.05, 4.69) is 42.3 Å². The Morgan fingerprint density at radius 2 is 1.88 bits per heavy atom.